The molecule has 0 N–H and O–H groups in total. The maximum atomic E-state index is 11.3. The Kier molecular flexibility index (Phi) is 2.17. The SMILES string of the molecule is O=C1CC(=O)N(c2ccc(Cl)nn2)C1. The van der Waals surface area contributed by atoms with Gasteiger partial charge in [-0.2, -0.15) is 0 Å². The quantitative estimate of drug-likeness (QED) is 0.633. The summed E-state index contributed by atoms with van der Waals surface area (Å²) >= 11 is 5.54. The van der Waals surface area contributed by atoms with Crippen molar-refractivity contribution in [2.75, 3.05) is 11.4 Å². The fraction of sp³-hybridized carbons (Fsp3) is 0.250. The van der Waals surface area contributed by atoms with Crippen LogP contribution >= 0.6 is 11.6 Å². The summed E-state index contributed by atoms with van der Waals surface area (Å²) in [5.74, 6) is 0.0172. The molecule has 0 spiro atoms. The van der Waals surface area contributed by atoms with Crippen LogP contribution in [0.25, 0.3) is 0 Å². The minimum absolute atomic E-state index is 0.0513. The van der Waals surface area contributed by atoms with Gasteiger partial charge in [0.15, 0.2) is 16.8 Å². The third kappa shape index (κ3) is 1.58. The van der Waals surface area contributed by atoms with Gasteiger partial charge in [0.2, 0.25) is 5.91 Å². The molecule has 1 saturated heterocycles. The van der Waals surface area contributed by atoms with Gasteiger partial charge in [-0.05, 0) is 12.1 Å². The summed E-state index contributed by atoms with van der Waals surface area (Å²) in [5, 5.41) is 7.57. The number of ketones is 1. The van der Waals surface area contributed by atoms with Crippen LogP contribution in [-0.2, 0) is 9.59 Å². The molecule has 14 heavy (non-hydrogen) atoms. The molecule has 0 bridgehead atoms. The van der Waals surface area contributed by atoms with Crippen molar-refractivity contribution in [3.63, 3.8) is 0 Å². The predicted molar refractivity (Wildman–Crippen MR) is 49.0 cm³/mol. The number of aromatic nitrogens is 2. The molecule has 0 aromatic carbocycles. The van der Waals surface area contributed by atoms with Crippen molar-refractivity contribution < 1.29 is 9.59 Å². The van der Waals surface area contributed by atoms with E-state index in [1.54, 1.807) is 6.07 Å². The van der Waals surface area contributed by atoms with E-state index >= 15 is 0 Å². The number of nitrogens with zero attached hydrogens (tertiary/aromatic N) is 3. The Balaban J connectivity index is 2.27. The van der Waals surface area contributed by atoms with Crippen LogP contribution in [0.3, 0.4) is 0 Å². The van der Waals surface area contributed by atoms with Gasteiger partial charge in [0.05, 0.1) is 13.0 Å². The van der Waals surface area contributed by atoms with Crippen LogP contribution < -0.4 is 4.90 Å². The van der Waals surface area contributed by atoms with E-state index in [1.165, 1.54) is 11.0 Å². The van der Waals surface area contributed by atoms with Crippen LogP contribution in [-0.4, -0.2) is 28.4 Å². The third-order valence-electron chi connectivity index (χ3n) is 1.88. The fourth-order valence-corrected chi connectivity index (χ4v) is 1.35. The van der Waals surface area contributed by atoms with Gasteiger partial charge in [0.1, 0.15) is 0 Å². The zero-order chi connectivity index (χ0) is 10.1. The van der Waals surface area contributed by atoms with E-state index in [0.29, 0.717) is 5.82 Å². The Morgan fingerprint density at radius 3 is 2.57 bits per heavy atom. The normalized spacial score (nSPS) is 16.5. The van der Waals surface area contributed by atoms with Crippen molar-refractivity contribution in [3.05, 3.63) is 17.3 Å². The zero-order valence-electron chi connectivity index (χ0n) is 7.11. The summed E-state index contributed by atoms with van der Waals surface area (Å²) in [6, 6.07) is 3.09. The first-order valence-corrected chi connectivity index (χ1v) is 4.36. The molecule has 0 unspecified atom stereocenters. The number of amides is 1. The van der Waals surface area contributed by atoms with E-state index < -0.39 is 0 Å². The molecule has 0 radical (unpaired) electrons. The summed E-state index contributed by atoms with van der Waals surface area (Å²) in [7, 11) is 0. The molecule has 72 valence electrons. The van der Waals surface area contributed by atoms with E-state index in [2.05, 4.69) is 10.2 Å². The van der Waals surface area contributed by atoms with E-state index in [9.17, 15) is 9.59 Å². The third-order valence-corrected chi connectivity index (χ3v) is 2.08. The highest BCUT2D eigenvalue weighted by Crippen LogP contribution is 2.17. The number of hydrogen-bond acceptors (Lipinski definition) is 4. The Hall–Kier alpha value is -1.49. The number of carbonyl (C=O) groups is 2. The highest BCUT2D eigenvalue weighted by Gasteiger charge is 2.29. The summed E-state index contributed by atoms with van der Waals surface area (Å²) < 4.78 is 0. The number of carbonyl (C=O) groups excluding carboxylic acids is 2. The molecule has 1 fully saturated rings. The lowest BCUT2D eigenvalue weighted by Gasteiger charge is -2.11. The molecule has 2 rings (SSSR count). The summed E-state index contributed by atoms with van der Waals surface area (Å²) in [6.45, 7) is 0.0785. The van der Waals surface area contributed by atoms with Crippen molar-refractivity contribution in [2.45, 2.75) is 6.42 Å². The van der Waals surface area contributed by atoms with Gasteiger partial charge in [-0.1, -0.05) is 11.6 Å². The Morgan fingerprint density at radius 2 is 2.07 bits per heavy atom. The molecule has 5 nitrogen and oxygen atoms in total. The van der Waals surface area contributed by atoms with Crippen molar-refractivity contribution in [1.29, 1.82) is 0 Å². The van der Waals surface area contributed by atoms with Crippen LogP contribution in [0.1, 0.15) is 6.42 Å². The molecule has 1 aromatic heterocycles. The average molecular weight is 212 g/mol. The van der Waals surface area contributed by atoms with Crippen molar-refractivity contribution in [2.24, 2.45) is 0 Å². The van der Waals surface area contributed by atoms with Gasteiger partial charge in [0.25, 0.3) is 0 Å². The molecule has 2 heterocycles. The first-order chi connectivity index (χ1) is 6.66. The maximum absolute atomic E-state index is 11.3. The van der Waals surface area contributed by atoms with Crippen LogP contribution in [0.2, 0.25) is 5.15 Å². The molecule has 1 aromatic rings. The molecule has 0 aliphatic carbocycles. The maximum Gasteiger partial charge on any atom is 0.236 e. The van der Waals surface area contributed by atoms with Gasteiger partial charge in [0, 0.05) is 0 Å². The monoisotopic (exact) mass is 211 g/mol. The Morgan fingerprint density at radius 1 is 1.29 bits per heavy atom. The smallest absolute Gasteiger partial charge is 0.236 e. The van der Waals surface area contributed by atoms with Crippen LogP contribution in [0.4, 0.5) is 5.82 Å². The number of anilines is 1. The predicted octanol–water partition coefficient (Wildman–Crippen LogP) is 0.436. The highest BCUT2D eigenvalue weighted by molar-refractivity contribution is 6.29. The van der Waals surface area contributed by atoms with Gasteiger partial charge < -0.3 is 0 Å². The van der Waals surface area contributed by atoms with E-state index in [-0.39, 0.29) is 29.8 Å². The molecule has 1 aliphatic heterocycles. The molecule has 6 heteroatoms. The van der Waals surface area contributed by atoms with Crippen molar-refractivity contribution in [1.82, 2.24) is 10.2 Å². The first-order valence-electron chi connectivity index (χ1n) is 3.98. The van der Waals surface area contributed by atoms with Crippen LogP contribution in [0.15, 0.2) is 12.1 Å². The lowest BCUT2D eigenvalue weighted by atomic mass is 10.3. The topological polar surface area (TPSA) is 63.2 Å². The standard InChI is InChI=1S/C8H6ClN3O2/c9-6-1-2-7(11-10-6)12-4-5(13)3-8(12)14/h1-2H,3-4H2. The highest BCUT2D eigenvalue weighted by atomic mass is 35.5. The Bertz CT molecular complexity index is 390. The first kappa shape index (κ1) is 9.08. The van der Waals surface area contributed by atoms with E-state index in [0.717, 1.165) is 0 Å². The van der Waals surface area contributed by atoms with Gasteiger partial charge >= 0.3 is 0 Å². The van der Waals surface area contributed by atoms with Gasteiger partial charge in [-0.15, -0.1) is 10.2 Å². The van der Waals surface area contributed by atoms with E-state index in [4.69, 9.17) is 11.6 Å². The number of rotatable bonds is 1. The van der Waals surface area contributed by atoms with Crippen molar-refractivity contribution >= 4 is 29.1 Å². The molecule has 1 aliphatic rings. The molecular formula is C8H6ClN3O2. The summed E-state index contributed by atoms with van der Waals surface area (Å²) in [5.41, 5.74) is 0. The minimum atomic E-state index is -0.244. The summed E-state index contributed by atoms with van der Waals surface area (Å²) in [4.78, 5) is 23.5. The lowest BCUT2D eigenvalue weighted by molar-refractivity contribution is -0.121. The summed E-state index contributed by atoms with van der Waals surface area (Å²) in [6.07, 6.45) is -0.0513. The fourth-order valence-electron chi connectivity index (χ4n) is 1.25. The number of Topliss-reactive ketones (excluding diaryl/α,β-unsaturated/α-hetero) is 1. The average Bonchev–Trinajstić information content (AvgIpc) is 2.47. The number of hydrogen-bond donors (Lipinski definition) is 0. The van der Waals surface area contributed by atoms with Gasteiger partial charge in [-0.25, -0.2) is 0 Å². The molecule has 0 atom stereocenters. The molecular weight excluding hydrogens is 206 g/mol. The lowest BCUT2D eigenvalue weighted by Crippen LogP contribution is -2.25. The molecule has 1 amide bonds. The second-order valence-corrected chi connectivity index (χ2v) is 3.30. The van der Waals surface area contributed by atoms with Crippen LogP contribution in [0, 0.1) is 0 Å². The largest absolute Gasteiger partial charge is 0.297 e. The van der Waals surface area contributed by atoms with Crippen molar-refractivity contribution in [3.8, 4) is 0 Å². The second kappa shape index (κ2) is 3.34. The molecule has 0 saturated carbocycles. The van der Waals surface area contributed by atoms with Gasteiger partial charge in [-0.3, -0.25) is 14.5 Å². The zero-order valence-corrected chi connectivity index (χ0v) is 7.86. The number of halogens is 1. The minimum Gasteiger partial charge on any atom is -0.297 e. The van der Waals surface area contributed by atoms with E-state index in [1.807, 2.05) is 0 Å². The van der Waals surface area contributed by atoms with Crippen LogP contribution in [0.5, 0.6) is 0 Å². The second-order valence-electron chi connectivity index (χ2n) is 2.91. The Labute approximate surface area is 84.7 Å².